The van der Waals surface area contributed by atoms with E-state index in [2.05, 4.69) is 15.9 Å². The van der Waals surface area contributed by atoms with Gasteiger partial charge in [-0.05, 0) is 64.8 Å². The van der Waals surface area contributed by atoms with Crippen LogP contribution in [-0.2, 0) is 10.0 Å². The number of anilines is 2. The summed E-state index contributed by atoms with van der Waals surface area (Å²) in [6.07, 6.45) is 0. The van der Waals surface area contributed by atoms with Crippen molar-refractivity contribution in [3.05, 3.63) is 46.4 Å². The molecule has 0 aliphatic rings. The zero-order valence-electron chi connectivity index (χ0n) is 11.5. The second-order valence-corrected chi connectivity index (χ2v) is 7.42. The van der Waals surface area contributed by atoms with Gasteiger partial charge in [0.2, 0.25) is 0 Å². The van der Waals surface area contributed by atoms with Gasteiger partial charge in [0, 0.05) is 17.2 Å². The lowest BCUT2D eigenvalue weighted by atomic mass is 10.2. The van der Waals surface area contributed by atoms with Gasteiger partial charge in [0.05, 0.1) is 10.6 Å². The first-order valence-electron chi connectivity index (χ1n) is 6.07. The molecule has 3 N–H and O–H groups in total. The number of phenols is 1. The average Bonchev–Trinajstić information content (AvgIpc) is 2.42. The van der Waals surface area contributed by atoms with Crippen molar-refractivity contribution in [3.63, 3.8) is 0 Å². The highest BCUT2D eigenvalue weighted by atomic mass is 79.9. The van der Waals surface area contributed by atoms with Gasteiger partial charge in [0.1, 0.15) is 5.75 Å². The maximum absolute atomic E-state index is 12.7. The Morgan fingerprint density at radius 1 is 1.19 bits per heavy atom. The van der Waals surface area contributed by atoms with Gasteiger partial charge >= 0.3 is 0 Å². The van der Waals surface area contributed by atoms with Gasteiger partial charge in [0.25, 0.3) is 10.0 Å². The number of aromatic hydroxyl groups is 1. The van der Waals surface area contributed by atoms with Crippen molar-refractivity contribution in [1.29, 1.82) is 0 Å². The minimum Gasteiger partial charge on any atom is -0.508 e. The minimum atomic E-state index is -3.72. The van der Waals surface area contributed by atoms with Crippen LogP contribution in [0.5, 0.6) is 5.75 Å². The van der Waals surface area contributed by atoms with Gasteiger partial charge in [-0.15, -0.1) is 0 Å². The molecule has 0 bridgehead atoms. The molecule has 2 aromatic carbocycles. The van der Waals surface area contributed by atoms with Crippen LogP contribution in [0, 0.1) is 6.92 Å². The van der Waals surface area contributed by atoms with E-state index < -0.39 is 10.0 Å². The highest BCUT2D eigenvalue weighted by Gasteiger charge is 2.24. The van der Waals surface area contributed by atoms with E-state index in [4.69, 9.17) is 5.73 Å². The first-order valence-corrected chi connectivity index (χ1v) is 8.30. The largest absolute Gasteiger partial charge is 0.508 e. The molecule has 0 atom stereocenters. The summed E-state index contributed by atoms with van der Waals surface area (Å²) in [6.45, 7) is 1.71. The van der Waals surface area contributed by atoms with Crippen LogP contribution in [0.1, 0.15) is 5.56 Å². The summed E-state index contributed by atoms with van der Waals surface area (Å²) in [5.74, 6) is 0.0774. The number of hydrogen-bond donors (Lipinski definition) is 2. The molecule has 2 aromatic rings. The summed E-state index contributed by atoms with van der Waals surface area (Å²) < 4.78 is 27.2. The number of nitrogens with two attached hydrogens (primary N) is 1. The summed E-state index contributed by atoms with van der Waals surface area (Å²) in [4.78, 5) is 0.152. The van der Waals surface area contributed by atoms with Gasteiger partial charge in [-0.1, -0.05) is 0 Å². The van der Waals surface area contributed by atoms with Crippen molar-refractivity contribution in [1.82, 2.24) is 0 Å². The molecule has 0 radical (unpaired) electrons. The highest BCUT2D eigenvalue weighted by molar-refractivity contribution is 9.10. The third-order valence-corrected chi connectivity index (χ3v) is 5.76. The number of nitrogen functional groups attached to an aromatic ring is 1. The van der Waals surface area contributed by atoms with E-state index in [-0.39, 0.29) is 10.6 Å². The van der Waals surface area contributed by atoms with Crippen LogP contribution >= 0.6 is 15.9 Å². The predicted octanol–water partition coefficient (Wildman–Crippen LogP) is 2.87. The van der Waals surface area contributed by atoms with Crippen LogP contribution < -0.4 is 10.0 Å². The van der Waals surface area contributed by atoms with E-state index in [9.17, 15) is 13.5 Å². The van der Waals surface area contributed by atoms with Gasteiger partial charge < -0.3 is 10.8 Å². The lowest BCUT2D eigenvalue weighted by molar-refractivity contribution is 0.475. The molecule has 0 aromatic heterocycles. The summed E-state index contributed by atoms with van der Waals surface area (Å²) in [5.41, 5.74) is 7.19. The fraction of sp³-hybridized carbons (Fsp3) is 0.143. The molecule has 0 fully saturated rings. The Bertz CT molecular complexity index is 774. The van der Waals surface area contributed by atoms with Gasteiger partial charge in [0.15, 0.2) is 0 Å². The zero-order valence-corrected chi connectivity index (χ0v) is 13.9. The minimum absolute atomic E-state index is 0.0774. The molecule has 0 aliphatic carbocycles. The van der Waals surface area contributed by atoms with Gasteiger partial charge in [-0.2, -0.15) is 0 Å². The second kappa shape index (κ2) is 5.57. The number of hydrogen-bond acceptors (Lipinski definition) is 4. The van der Waals surface area contributed by atoms with Gasteiger partial charge in [-0.25, -0.2) is 8.42 Å². The molecule has 0 saturated heterocycles. The van der Waals surface area contributed by atoms with Crippen molar-refractivity contribution < 1.29 is 13.5 Å². The Balaban J connectivity index is 2.51. The van der Waals surface area contributed by atoms with Crippen molar-refractivity contribution in [2.24, 2.45) is 0 Å². The Kier molecular flexibility index (Phi) is 4.15. The third-order valence-electron chi connectivity index (χ3n) is 3.15. The summed E-state index contributed by atoms with van der Waals surface area (Å²) in [6, 6.07) is 9.04. The summed E-state index contributed by atoms with van der Waals surface area (Å²) in [5, 5.41) is 9.28. The number of halogens is 1. The molecule has 21 heavy (non-hydrogen) atoms. The first kappa shape index (κ1) is 15.7. The lowest BCUT2D eigenvalue weighted by Gasteiger charge is -2.21. The van der Waals surface area contributed by atoms with E-state index in [1.54, 1.807) is 13.0 Å². The van der Waals surface area contributed by atoms with E-state index >= 15 is 0 Å². The molecule has 0 unspecified atom stereocenters. The number of benzene rings is 2. The predicted molar refractivity (Wildman–Crippen MR) is 87.0 cm³/mol. The maximum Gasteiger partial charge on any atom is 0.264 e. The second-order valence-electron chi connectivity index (χ2n) is 4.63. The van der Waals surface area contributed by atoms with Gasteiger partial charge in [-0.3, -0.25) is 4.31 Å². The topological polar surface area (TPSA) is 83.6 Å². The van der Waals surface area contributed by atoms with Crippen molar-refractivity contribution in [2.75, 3.05) is 17.1 Å². The quantitative estimate of drug-likeness (QED) is 0.813. The maximum atomic E-state index is 12.7. The molecule has 112 valence electrons. The number of nitrogens with zero attached hydrogens (tertiary/aromatic N) is 1. The fourth-order valence-corrected chi connectivity index (χ4v) is 3.79. The molecule has 0 aliphatic heterocycles. The Hall–Kier alpha value is -1.73. The van der Waals surface area contributed by atoms with Crippen molar-refractivity contribution in [2.45, 2.75) is 11.8 Å². The molecule has 0 heterocycles. The molecule has 0 saturated carbocycles. The smallest absolute Gasteiger partial charge is 0.264 e. The van der Waals surface area contributed by atoms with Crippen molar-refractivity contribution in [3.8, 4) is 5.75 Å². The molecule has 2 rings (SSSR count). The number of sulfonamides is 1. The third kappa shape index (κ3) is 2.98. The van der Waals surface area contributed by atoms with E-state index in [0.29, 0.717) is 21.4 Å². The van der Waals surface area contributed by atoms with E-state index in [1.807, 2.05) is 0 Å². The standard InChI is InChI=1S/C14H15BrN2O3S/c1-9-7-12(15)13(16)8-14(9)21(19,20)17(2)10-3-5-11(18)6-4-10/h3-8,18H,16H2,1-2H3. The number of rotatable bonds is 3. The van der Waals surface area contributed by atoms with Crippen molar-refractivity contribution >= 4 is 37.3 Å². The Labute approximate surface area is 132 Å². The van der Waals surface area contributed by atoms with E-state index in [1.165, 1.54) is 37.4 Å². The van der Waals surface area contributed by atoms with Crippen LogP contribution in [0.4, 0.5) is 11.4 Å². The summed E-state index contributed by atoms with van der Waals surface area (Å²) >= 11 is 3.28. The van der Waals surface area contributed by atoms with E-state index in [0.717, 1.165) is 4.31 Å². The molecule has 7 heteroatoms. The van der Waals surface area contributed by atoms with Crippen LogP contribution in [0.25, 0.3) is 0 Å². The molecular formula is C14H15BrN2O3S. The summed E-state index contributed by atoms with van der Waals surface area (Å²) in [7, 11) is -2.27. The van der Waals surface area contributed by atoms with Crippen LogP contribution in [-0.4, -0.2) is 20.6 Å². The lowest BCUT2D eigenvalue weighted by Crippen LogP contribution is -2.27. The van der Waals surface area contributed by atoms with Crippen LogP contribution in [0.3, 0.4) is 0 Å². The zero-order chi connectivity index (χ0) is 15.8. The number of aryl methyl sites for hydroxylation is 1. The molecule has 0 amide bonds. The molecule has 0 spiro atoms. The molecular weight excluding hydrogens is 356 g/mol. The Morgan fingerprint density at radius 3 is 2.33 bits per heavy atom. The monoisotopic (exact) mass is 370 g/mol. The van der Waals surface area contributed by atoms with Crippen LogP contribution in [0.15, 0.2) is 45.8 Å². The SMILES string of the molecule is Cc1cc(Br)c(N)cc1S(=O)(=O)N(C)c1ccc(O)cc1. The normalized spacial score (nSPS) is 11.4. The molecule has 5 nitrogen and oxygen atoms in total. The van der Waals surface area contributed by atoms with Crippen LogP contribution in [0.2, 0.25) is 0 Å². The highest BCUT2D eigenvalue weighted by Crippen LogP contribution is 2.30. The fourth-order valence-electron chi connectivity index (χ4n) is 1.90. The average molecular weight is 371 g/mol. The Morgan fingerprint density at radius 2 is 1.76 bits per heavy atom. The first-order chi connectivity index (χ1) is 9.73. The number of phenolic OH excluding ortho intramolecular Hbond substituents is 1.